The molecule has 0 aliphatic heterocycles. The van der Waals surface area contributed by atoms with Crippen molar-refractivity contribution in [2.24, 2.45) is 16.8 Å². The summed E-state index contributed by atoms with van der Waals surface area (Å²) in [5, 5.41) is 6.70. The van der Waals surface area contributed by atoms with Gasteiger partial charge in [0.15, 0.2) is 5.96 Å². The lowest BCUT2D eigenvalue weighted by Crippen LogP contribution is -2.43. The molecule has 3 atom stereocenters. The first-order valence-electron chi connectivity index (χ1n) is 8.03. The molecule has 2 N–H and O–H groups in total. The molecular weight excluding hydrogens is 280 g/mol. The van der Waals surface area contributed by atoms with E-state index in [2.05, 4.69) is 29.5 Å². The third-order valence-electron chi connectivity index (χ3n) is 3.56. The van der Waals surface area contributed by atoms with E-state index in [1.54, 1.807) is 19.0 Å². The Morgan fingerprint density at radius 1 is 1.45 bits per heavy atom. The molecule has 3 unspecified atom stereocenters. The summed E-state index contributed by atoms with van der Waals surface area (Å²) in [6, 6.07) is 0.547. The largest absolute Gasteiger partial charge is 0.444 e. The Morgan fingerprint density at radius 2 is 2.05 bits per heavy atom. The highest BCUT2D eigenvalue weighted by atomic mass is 16.6. The minimum Gasteiger partial charge on any atom is -0.444 e. The molecule has 0 saturated heterocycles. The summed E-state index contributed by atoms with van der Waals surface area (Å²) >= 11 is 0. The van der Waals surface area contributed by atoms with E-state index >= 15 is 0 Å². The van der Waals surface area contributed by atoms with E-state index < -0.39 is 5.60 Å². The highest BCUT2D eigenvalue weighted by Crippen LogP contribution is 2.28. The maximum absolute atomic E-state index is 11.9. The van der Waals surface area contributed by atoms with E-state index in [9.17, 15) is 4.79 Å². The van der Waals surface area contributed by atoms with Crippen LogP contribution < -0.4 is 10.6 Å². The van der Waals surface area contributed by atoms with Crippen molar-refractivity contribution < 1.29 is 9.53 Å². The average molecular weight is 312 g/mol. The van der Waals surface area contributed by atoms with Crippen LogP contribution in [-0.4, -0.2) is 55.8 Å². The van der Waals surface area contributed by atoms with Crippen molar-refractivity contribution in [1.29, 1.82) is 0 Å². The SMILES string of the molecule is CN=C(NCC(C)CN(C)C(=O)OC(C)(C)C)NC1CC1C. The Bertz CT molecular complexity index is 403. The van der Waals surface area contributed by atoms with Crippen molar-refractivity contribution in [2.45, 2.75) is 52.7 Å². The molecule has 22 heavy (non-hydrogen) atoms. The molecule has 6 heteroatoms. The topological polar surface area (TPSA) is 66.0 Å². The van der Waals surface area contributed by atoms with Gasteiger partial charge in [0.1, 0.15) is 5.60 Å². The predicted molar refractivity (Wildman–Crippen MR) is 90.1 cm³/mol. The van der Waals surface area contributed by atoms with Crippen LogP contribution >= 0.6 is 0 Å². The zero-order valence-electron chi connectivity index (χ0n) is 15.1. The van der Waals surface area contributed by atoms with Gasteiger partial charge in [-0.1, -0.05) is 13.8 Å². The first kappa shape index (κ1) is 18.6. The fourth-order valence-corrected chi connectivity index (χ4v) is 2.11. The molecule has 0 radical (unpaired) electrons. The lowest BCUT2D eigenvalue weighted by atomic mass is 10.1. The van der Waals surface area contributed by atoms with Gasteiger partial charge in [-0.15, -0.1) is 0 Å². The van der Waals surface area contributed by atoms with Gasteiger partial charge in [-0.05, 0) is 39.0 Å². The summed E-state index contributed by atoms with van der Waals surface area (Å²) in [7, 11) is 3.55. The smallest absolute Gasteiger partial charge is 0.410 e. The number of hydrogen-bond acceptors (Lipinski definition) is 3. The van der Waals surface area contributed by atoms with E-state index in [1.165, 1.54) is 6.42 Å². The molecule has 128 valence electrons. The van der Waals surface area contributed by atoms with Gasteiger partial charge in [-0.25, -0.2) is 4.79 Å². The van der Waals surface area contributed by atoms with Crippen molar-refractivity contribution in [3.8, 4) is 0 Å². The molecule has 0 aromatic carbocycles. The van der Waals surface area contributed by atoms with E-state index in [0.717, 1.165) is 18.4 Å². The molecule has 0 spiro atoms. The fourth-order valence-electron chi connectivity index (χ4n) is 2.11. The Balaban J connectivity index is 2.29. The highest BCUT2D eigenvalue weighted by Gasteiger charge is 2.33. The van der Waals surface area contributed by atoms with Gasteiger partial charge >= 0.3 is 6.09 Å². The normalized spacial score (nSPS) is 22.8. The second kappa shape index (κ2) is 7.70. The molecule has 1 saturated carbocycles. The van der Waals surface area contributed by atoms with Gasteiger partial charge < -0.3 is 20.3 Å². The molecule has 1 fully saturated rings. The molecule has 1 amide bonds. The van der Waals surface area contributed by atoms with Crippen LogP contribution in [0.1, 0.15) is 41.0 Å². The number of hydrogen-bond donors (Lipinski definition) is 2. The fraction of sp³-hybridized carbons (Fsp3) is 0.875. The van der Waals surface area contributed by atoms with E-state index in [1.807, 2.05) is 20.8 Å². The Morgan fingerprint density at radius 3 is 2.50 bits per heavy atom. The molecule has 1 rings (SSSR count). The first-order valence-corrected chi connectivity index (χ1v) is 8.03. The van der Waals surface area contributed by atoms with Crippen molar-refractivity contribution >= 4 is 12.1 Å². The van der Waals surface area contributed by atoms with Crippen LogP contribution in [0.4, 0.5) is 4.79 Å². The number of nitrogens with one attached hydrogen (secondary N) is 2. The lowest BCUT2D eigenvalue weighted by Gasteiger charge is -2.26. The number of guanidine groups is 1. The zero-order valence-corrected chi connectivity index (χ0v) is 15.1. The van der Waals surface area contributed by atoms with Gasteiger partial charge in [0.25, 0.3) is 0 Å². The average Bonchev–Trinajstić information content (AvgIpc) is 3.07. The molecule has 0 heterocycles. The highest BCUT2D eigenvalue weighted by molar-refractivity contribution is 5.80. The first-order chi connectivity index (χ1) is 10.1. The second-order valence-corrected chi connectivity index (χ2v) is 7.38. The number of carbonyl (C=O) groups excluding carboxylic acids is 1. The minimum absolute atomic E-state index is 0.284. The molecular formula is C16H32N4O2. The van der Waals surface area contributed by atoms with Gasteiger partial charge in [-0.2, -0.15) is 0 Å². The van der Waals surface area contributed by atoms with Crippen LogP contribution in [0, 0.1) is 11.8 Å². The van der Waals surface area contributed by atoms with Gasteiger partial charge in [0.2, 0.25) is 0 Å². The predicted octanol–water partition coefficient (Wildman–Crippen LogP) is 2.06. The van der Waals surface area contributed by atoms with Crippen LogP contribution in [0.25, 0.3) is 0 Å². The number of carbonyl (C=O) groups is 1. The summed E-state index contributed by atoms with van der Waals surface area (Å²) in [6.45, 7) is 11.3. The Labute approximate surface area is 134 Å². The van der Waals surface area contributed by atoms with Crippen molar-refractivity contribution in [3.05, 3.63) is 0 Å². The van der Waals surface area contributed by atoms with Crippen LogP contribution in [0.2, 0.25) is 0 Å². The standard InChI is InChI=1S/C16H32N4O2/c1-11(10-20(7)15(21)22-16(3,4)5)9-18-14(17-6)19-13-8-12(13)2/h11-13H,8-10H2,1-7H3,(H2,17,18,19). The lowest BCUT2D eigenvalue weighted by molar-refractivity contribution is 0.0278. The monoisotopic (exact) mass is 312 g/mol. The second-order valence-electron chi connectivity index (χ2n) is 7.38. The van der Waals surface area contributed by atoms with Crippen molar-refractivity contribution in [3.63, 3.8) is 0 Å². The van der Waals surface area contributed by atoms with E-state index in [4.69, 9.17) is 4.74 Å². The zero-order chi connectivity index (χ0) is 16.9. The van der Waals surface area contributed by atoms with Crippen LogP contribution in [0.15, 0.2) is 4.99 Å². The number of amides is 1. The van der Waals surface area contributed by atoms with E-state index in [-0.39, 0.29) is 6.09 Å². The van der Waals surface area contributed by atoms with Crippen LogP contribution in [0.3, 0.4) is 0 Å². The van der Waals surface area contributed by atoms with Gasteiger partial charge in [0, 0.05) is 33.2 Å². The molecule has 1 aliphatic carbocycles. The van der Waals surface area contributed by atoms with Gasteiger partial charge in [0.05, 0.1) is 0 Å². The minimum atomic E-state index is -0.459. The van der Waals surface area contributed by atoms with Crippen LogP contribution in [0.5, 0.6) is 0 Å². The molecule has 0 aromatic rings. The summed E-state index contributed by atoms with van der Waals surface area (Å²) in [4.78, 5) is 17.8. The summed E-state index contributed by atoms with van der Waals surface area (Å²) in [6.07, 6.45) is 0.922. The third-order valence-corrected chi connectivity index (χ3v) is 3.56. The molecule has 1 aliphatic rings. The van der Waals surface area contributed by atoms with Crippen LogP contribution in [-0.2, 0) is 4.74 Å². The number of nitrogens with zero attached hydrogens (tertiary/aromatic N) is 2. The quantitative estimate of drug-likeness (QED) is 0.602. The maximum atomic E-state index is 11.9. The molecule has 6 nitrogen and oxygen atoms in total. The van der Waals surface area contributed by atoms with Crippen molar-refractivity contribution in [2.75, 3.05) is 27.2 Å². The summed E-state index contributed by atoms with van der Waals surface area (Å²) in [5.74, 6) is 1.86. The maximum Gasteiger partial charge on any atom is 0.410 e. The molecule has 0 aromatic heterocycles. The number of ether oxygens (including phenoxy) is 1. The van der Waals surface area contributed by atoms with Gasteiger partial charge in [-0.3, -0.25) is 4.99 Å². The number of aliphatic imine (C=N–C) groups is 1. The third kappa shape index (κ3) is 7.00. The summed E-state index contributed by atoms with van der Waals surface area (Å²) < 4.78 is 5.35. The number of rotatable bonds is 5. The Kier molecular flexibility index (Phi) is 6.50. The van der Waals surface area contributed by atoms with E-state index in [0.29, 0.717) is 18.5 Å². The summed E-state index contributed by atoms with van der Waals surface area (Å²) in [5.41, 5.74) is -0.459. The Hall–Kier alpha value is -1.46. The molecule has 0 bridgehead atoms. The van der Waals surface area contributed by atoms with Crippen molar-refractivity contribution in [1.82, 2.24) is 15.5 Å².